The minimum absolute atomic E-state index is 0.0537. The van der Waals surface area contributed by atoms with E-state index in [0.717, 1.165) is 12.1 Å². The van der Waals surface area contributed by atoms with Crippen molar-refractivity contribution in [3.8, 4) is 11.5 Å². The summed E-state index contributed by atoms with van der Waals surface area (Å²) >= 11 is 1.17. The first-order valence-corrected chi connectivity index (χ1v) is 7.36. The summed E-state index contributed by atoms with van der Waals surface area (Å²) in [6.07, 6.45) is -4.39. The molecule has 1 heterocycles. The lowest BCUT2D eigenvalue weighted by molar-refractivity contribution is -0.137. The molecule has 0 amide bonds. The molecule has 0 bridgehead atoms. The highest BCUT2D eigenvalue weighted by Gasteiger charge is 2.30. The fraction of sp³-hybridized carbons (Fsp3) is 0.286. The number of hydrogen-bond donors (Lipinski definition) is 1. The van der Waals surface area contributed by atoms with Gasteiger partial charge in [0.15, 0.2) is 0 Å². The van der Waals surface area contributed by atoms with Crippen LogP contribution in [0.3, 0.4) is 0 Å². The fourth-order valence-corrected chi connectivity index (χ4v) is 2.46. The van der Waals surface area contributed by atoms with E-state index in [1.165, 1.54) is 23.9 Å². The van der Waals surface area contributed by atoms with Crippen molar-refractivity contribution < 1.29 is 27.5 Å². The molecule has 0 aliphatic carbocycles. The average Bonchev–Trinajstić information content (AvgIpc) is 2.79. The molecule has 0 fully saturated rings. The van der Waals surface area contributed by atoms with E-state index in [-0.39, 0.29) is 11.6 Å². The first-order chi connectivity index (χ1) is 10.3. The van der Waals surface area contributed by atoms with Crippen molar-refractivity contribution in [1.29, 1.82) is 0 Å². The molecular formula is C14H12F3NO3S. The molecule has 0 aliphatic heterocycles. The summed E-state index contributed by atoms with van der Waals surface area (Å²) in [6, 6.07) is 4.52. The van der Waals surface area contributed by atoms with E-state index in [2.05, 4.69) is 4.98 Å². The molecule has 118 valence electrons. The number of rotatable bonds is 5. The Morgan fingerprint density at radius 3 is 2.50 bits per heavy atom. The summed E-state index contributed by atoms with van der Waals surface area (Å²) in [5.74, 6) is 0.128. The van der Waals surface area contributed by atoms with Crippen molar-refractivity contribution in [2.75, 3.05) is 5.75 Å². The van der Waals surface area contributed by atoms with Crippen LogP contribution in [0.25, 0.3) is 11.5 Å². The van der Waals surface area contributed by atoms with Gasteiger partial charge >= 0.3 is 12.1 Å². The Labute approximate surface area is 128 Å². The molecule has 2 aromatic rings. The van der Waals surface area contributed by atoms with Gasteiger partial charge in [0.2, 0.25) is 5.89 Å². The average molecular weight is 331 g/mol. The molecular weight excluding hydrogens is 319 g/mol. The maximum absolute atomic E-state index is 12.5. The lowest BCUT2D eigenvalue weighted by Crippen LogP contribution is -2.03. The molecule has 4 nitrogen and oxygen atoms in total. The largest absolute Gasteiger partial charge is 0.481 e. The maximum Gasteiger partial charge on any atom is 0.416 e. The second kappa shape index (κ2) is 6.43. The summed E-state index contributed by atoms with van der Waals surface area (Å²) in [7, 11) is 0. The second-order valence-electron chi connectivity index (χ2n) is 4.48. The van der Waals surface area contributed by atoms with Gasteiger partial charge in [-0.15, -0.1) is 11.8 Å². The van der Waals surface area contributed by atoms with Gasteiger partial charge in [-0.2, -0.15) is 13.2 Å². The Morgan fingerprint density at radius 2 is 1.95 bits per heavy atom. The van der Waals surface area contributed by atoms with Gasteiger partial charge in [0.05, 0.1) is 17.0 Å². The number of oxazole rings is 1. The maximum atomic E-state index is 12.5. The number of hydrogen-bond acceptors (Lipinski definition) is 4. The van der Waals surface area contributed by atoms with Crippen LogP contribution in [0.4, 0.5) is 13.2 Å². The molecule has 1 aromatic carbocycles. The standard InChI is InChI=1S/C14H12F3NO3S/c1-8-11(6-22-7-12(19)20)18-13(21-8)9-2-4-10(5-3-9)14(15,16)17/h2-5H,6-7H2,1H3,(H,19,20). The van der Waals surface area contributed by atoms with Crippen molar-refractivity contribution in [3.05, 3.63) is 41.3 Å². The first kappa shape index (κ1) is 16.4. The lowest BCUT2D eigenvalue weighted by Gasteiger charge is -2.06. The molecule has 0 atom stereocenters. The third kappa shape index (κ3) is 4.03. The molecule has 0 radical (unpaired) electrons. The molecule has 0 unspecified atom stereocenters. The monoisotopic (exact) mass is 331 g/mol. The van der Waals surface area contributed by atoms with E-state index in [0.29, 0.717) is 22.8 Å². The minimum Gasteiger partial charge on any atom is -0.481 e. The summed E-state index contributed by atoms with van der Waals surface area (Å²) in [5, 5.41) is 8.58. The third-order valence-electron chi connectivity index (χ3n) is 2.82. The van der Waals surface area contributed by atoms with Crippen LogP contribution in [0.2, 0.25) is 0 Å². The fourth-order valence-electron chi connectivity index (χ4n) is 1.72. The number of thioether (sulfide) groups is 1. The number of carbonyl (C=O) groups is 1. The lowest BCUT2D eigenvalue weighted by atomic mass is 10.1. The first-order valence-electron chi connectivity index (χ1n) is 6.21. The SMILES string of the molecule is Cc1oc(-c2ccc(C(F)(F)F)cc2)nc1CSCC(=O)O. The molecule has 0 spiro atoms. The molecule has 22 heavy (non-hydrogen) atoms. The molecule has 8 heteroatoms. The van der Waals surface area contributed by atoms with E-state index in [4.69, 9.17) is 9.52 Å². The van der Waals surface area contributed by atoms with Crippen LogP contribution >= 0.6 is 11.8 Å². The van der Waals surface area contributed by atoms with Crippen molar-refractivity contribution in [3.63, 3.8) is 0 Å². The summed E-state index contributed by atoms with van der Waals surface area (Å²) in [4.78, 5) is 14.7. The minimum atomic E-state index is -4.39. The van der Waals surface area contributed by atoms with Crippen LogP contribution in [0.1, 0.15) is 17.0 Å². The quantitative estimate of drug-likeness (QED) is 0.897. The number of benzene rings is 1. The van der Waals surface area contributed by atoms with E-state index in [9.17, 15) is 18.0 Å². The number of alkyl halides is 3. The molecule has 0 saturated heterocycles. The highest BCUT2D eigenvalue weighted by Crippen LogP contribution is 2.31. The van der Waals surface area contributed by atoms with Crippen molar-refractivity contribution >= 4 is 17.7 Å². The topological polar surface area (TPSA) is 63.3 Å². The van der Waals surface area contributed by atoms with Crippen LogP contribution < -0.4 is 0 Å². The van der Waals surface area contributed by atoms with Crippen LogP contribution in [0.5, 0.6) is 0 Å². The van der Waals surface area contributed by atoms with E-state index in [1.807, 2.05) is 0 Å². The summed E-state index contributed by atoms with van der Waals surface area (Å²) < 4.78 is 42.9. The summed E-state index contributed by atoms with van der Waals surface area (Å²) in [5.41, 5.74) is 0.281. The highest BCUT2D eigenvalue weighted by molar-refractivity contribution is 7.99. The van der Waals surface area contributed by atoms with Gasteiger partial charge in [0.25, 0.3) is 0 Å². The molecule has 0 saturated carbocycles. The molecule has 1 aromatic heterocycles. The number of carboxylic acid groups (broad SMARTS) is 1. The predicted molar refractivity (Wildman–Crippen MR) is 75.5 cm³/mol. The second-order valence-corrected chi connectivity index (χ2v) is 5.47. The van der Waals surface area contributed by atoms with Crippen LogP contribution in [-0.4, -0.2) is 21.8 Å². The predicted octanol–water partition coefficient (Wildman–Crippen LogP) is 3.99. The molecule has 0 aliphatic rings. The van der Waals surface area contributed by atoms with Gasteiger partial charge in [-0.05, 0) is 31.2 Å². The Kier molecular flexibility index (Phi) is 4.80. The zero-order valence-corrected chi connectivity index (χ0v) is 12.3. The van der Waals surface area contributed by atoms with E-state index >= 15 is 0 Å². The van der Waals surface area contributed by atoms with Crippen LogP contribution in [-0.2, 0) is 16.7 Å². The Hall–Kier alpha value is -1.96. The Morgan fingerprint density at radius 1 is 1.32 bits per heavy atom. The van der Waals surface area contributed by atoms with Crippen molar-refractivity contribution in [1.82, 2.24) is 4.98 Å². The zero-order chi connectivity index (χ0) is 16.3. The Balaban J connectivity index is 2.14. The van der Waals surface area contributed by atoms with Gasteiger partial charge in [-0.25, -0.2) is 4.98 Å². The van der Waals surface area contributed by atoms with Gasteiger partial charge in [-0.1, -0.05) is 0 Å². The zero-order valence-electron chi connectivity index (χ0n) is 11.5. The number of aliphatic carboxylic acids is 1. The van der Waals surface area contributed by atoms with Gasteiger partial charge < -0.3 is 9.52 Å². The van der Waals surface area contributed by atoms with Gasteiger partial charge in [-0.3, -0.25) is 4.79 Å². The third-order valence-corrected chi connectivity index (χ3v) is 3.74. The Bertz CT molecular complexity index is 665. The smallest absolute Gasteiger partial charge is 0.416 e. The van der Waals surface area contributed by atoms with Crippen LogP contribution in [0, 0.1) is 6.92 Å². The van der Waals surface area contributed by atoms with Crippen molar-refractivity contribution in [2.45, 2.75) is 18.9 Å². The van der Waals surface area contributed by atoms with E-state index < -0.39 is 17.7 Å². The number of aryl methyl sites for hydroxylation is 1. The number of nitrogens with zero attached hydrogens (tertiary/aromatic N) is 1. The van der Waals surface area contributed by atoms with Gasteiger partial charge in [0, 0.05) is 11.3 Å². The number of aromatic nitrogens is 1. The van der Waals surface area contributed by atoms with Crippen molar-refractivity contribution in [2.24, 2.45) is 0 Å². The van der Waals surface area contributed by atoms with E-state index in [1.54, 1.807) is 6.92 Å². The number of carboxylic acids is 1. The van der Waals surface area contributed by atoms with Crippen LogP contribution in [0.15, 0.2) is 28.7 Å². The molecule has 2 rings (SSSR count). The summed E-state index contributed by atoms with van der Waals surface area (Å²) in [6.45, 7) is 1.68. The molecule has 1 N–H and O–H groups in total. The normalized spacial score (nSPS) is 11.6. The highest BCUT2D eigenvalue weighted by atomic mass is 32.2. The van der Waals surface area contributed by atoms with Gasteiger partial charge in [0.1, 0.15) is 5.76 Å². The number of halogens is 3.